The van der Waals surface area contributed by atoms with E-state index in [-0.39, 0.29) is 25.9 Å². The average Bonchev–Trinajstić information content (AvgIpc) is 3.24. The van der Waals surface area contributed by atoms with E-state index < -0.39 is 6.09 Å². The van der Waals surface area contributed by atoms with E-state index in [0.717, 1.165) is 27.9 Å². The van der Waals surface area contributed by atoms with E-state index in [0.29, 0.717) is 11.4 Å². The summed E-state index contributed by atoms with van der Waals surface area (Å²) in [6.45, 7) is 0.160. The molecule has 0 radical (unpaired) electrons. The summed E-state index contributed by atoms with van der Waals surface area (Å²) < 4.78 is 13.1. The fraction of sp³-hybridized carbons (Fsp3) is 0.222. The lowest BCUT2D eigenvalue weighted by Crippen LogP contribution is -2.30. The lowest BCUT2D eigenvalue weighted by molar-refractivity contribution is -0.143. The summed E-state index contributed by atoms with van der Waals surface area (Å²) in [5.74, 6) is 0.846. The highest BCUT2D eigenvalue weighted by Gasteiger charge is 2.26. The van der Waals surface area contributed by atoms with Gasteiger partial charge in [-0.1, -0.05) is 42.5 Å². The number of benzene rings is 2. The zero-order valence-corrected chi connectivity index (χ0v) is 20.9. The van der Waals surface area contributed by atoms with Crippen LogP contribution in [0.1, 0.15) is 11.1 Å². The molecule has 0 spiro atoms. The Morgan fingerprint density at radius 1 is 1.08 bits per heavy atom. The summed E-state index contributed by atoms with van der Waals surface area (Å²) >= 11 is 1.82. The van der Waals surface area contributed by atoms with Gasteiger partial charge < -0.3 is 19.4 Å². The molecule has 2 aromatic carbocycles. The molecule has 0 unspecified atom stereocenters. The molecule has 1 amide bonds. The number of carbonyl (C=O) groups is 2. The summed E-state index contributed by atoms with van der Waals surface area (Å²) in [6.07, 6.45) is 1.03. The molecule has 0 bridgehead atoms. The molecule has 36 heavy (non-hydrogen) atoms. The first-order valence-electron chi connectivity index (χ1n) is 11.6. The highest BCUT2D eigenvalue weighted by molar-refractivity contribution is 7.98. The SMILES string of the molecule is CNCC(=O)OCc1cccnc1N(C)C(=O)OCn1c2c(c3ccccc31)CSc1ccccc1-2. The van der Waals surface area contributed by atoms with E-state index in [4.69, 9.17) is 9.47 Å². The maximum atomic E-state index is 13.1. The summed E-state index contributed by atoms with van der Waals surface area (Å²) in [5.41, 5.74) is 5.09. The van der Waals surface area contributed by atoms with Crippen molar-refractivity contribution in [3.63, 3.8) is 0 Å². The van der Waals surface area contributed by atoms with Crippen LogP contribution in [0.4, 0.5) is 10.6 Å². The molecule has 1 aliphatic heterocycles. The van der Waals surface area contributed by atoms with E-state index in [1.165, 1.54) is 15.4 Å². The van der Waals surface area contributed by atoms with Crippen molar-refractivity contribution in [3.8, 4) is 11.3 Å². The summed E-state index contributed by atoms with van der Waals surface area (Å²) in [6, 6.07) is 20.0. The maximum Gasteiger partial charge on any atom is 0.416 e. The van der Waals surface area contributed by atoms with Crippen molar-refractivity contribution in [3.05, 3.63) is 78.0 Å². The van der Waals surface area contributed by atoms with Crippen LogP contribution in [-0.4, -0.2) is 42.3 Å². The van der Waals surface area contributed by atoms with E-state index in [1.807, 2.05) is 36.0 Å². The van der Waals surface area contributed by atoms with Crippen molar-refractivity contribution in [2.75, 3.05) is 25.5 Å². The fourth-order valence-corrected chi connectivity index (χ4v) is 5.49. The standard InChI is InChI=1S/C27H26N4O4S/c1-28-14-24(32)34-15-18-8-7-13-29-26(18)30(2)27(33)35-17-31-22-11-5-3-9-19(22)21-16-36-23-12-6-4-10-20(23)25(21)31/h3-13,28H,14-17H2,1-2H3. The third-order valence-corrected chi connectivity index (χ3v) is 7.18. The first kappa shape index (κ1) is 23.9. The predicted molar refractivity (Wildman–Crippen MR) is 140 cm³/mol. The Kier molecular flexibility index (Phi) is 6.92. The molecule has 5 rings (SSSR count). The number of ether oxygens (including phenoxy) is 2. The molecule has 3 heterocycles. The number of hydrogen-bond acceptors (Lipinski definition) is 7. The number of amides is 1. The van der Waals surface area contributed by atoms with Crippen LogP contribution >= 0.6 is 11.8 Å². The molecule has 9 heteroatoms. The lowest BCUT2D eigenvalue weighted by Gasteiger charge is -2.21. The average molecular weight is 503 g/mol. The number of fused-ring (bicyclic) bond motifs is 5. The molecule has 0 aliphatic carbocycles. The fourth-order valence-electron chi connectivity index (χ4n) is 4.40. The van der Waals surface area contributed by atoms with Gasteiger partial charge in [-0.25, -0.2) is 9.78 Å². The van der Waals surface area contributed by atoms with Crippen LogP contribution in [0.25, 0.3) is 22.2 Å². The van der Waals surface area contributed by atoms with Gasteiger partial charge in [-0.2, -0.15) is 0 Å². The number of carbonyl (C=O) groups excluding carboxylic acids is 2. The third-order valence-electron chi connectivity index (χ3n) is 6.08. The minimum absolute atomic E-state index is 0.00546. The van der Waals surface area contributed by atoms with Gasteiger partial charge in [0.05, 0.1) is 17.8 Å². The van der Waals surface area contributed by atoms with Crippen molar-refractivity contribution in [2.24, 2.45) is 0 Å². The van der Waals surface area contributed by atoms with E-state index in [2.05, 4.69) is 39.1 Å². The second-order valence-corrected chi connectivity index (χ2v) is 9.35. The number of hydrogen-bond donors (Lipinski definition) is 1. The Morgan fingerprint density at radius 2 is 1.89 bits per heavy atom. The number of pyridine rings is 1. The monoisotopic (exact) mass is 502 g/mol. The minimum Gasteiger partial charge on any atom is -0.460 e. The molecule has 184 valence electrons. The van der Waals surface area contributed by atoms with Gasteiger partial charge in [0.1, 0.15) is 12.4 Å². The van der Waals surface area contributed by atoms with Crippen molar-refractivity contribution < 1.29 is 19.1 Å². The van der Waals surface area contributed by atoms with Crippen molar-refractivity contribution in [1.82, 2.24) is 14.9 Å². The number of nitrogens with one attached hydrogen (secondary N) is 1. The maximum absolute atomic E-state index is 13.1. The number of aromatic nitrogens is 2. The molecule has 4 aromatic rings. The van der Waals surface area contributed by atoms with Gasteiger partial charge in [-0.05, 0) is 30.8 Å². The summed E-state index contributed by atoms with van der Waals surface area (Å²) in [7, 11) is 3.27. The van der Waals surface area contributed by atoms with Gasteiger partial charge in [0.25, 0.3) is 0 Å². The van der Waals surface area contributed by atoms with Gasteiger partial charge in [0.15, 0.2) is 6.73 Å². The van der Waals surface area contributed by atoms with Crippen LogP contribution in [0.15, 0.2) is 71.8 Å². The molecule has 0 atom stereocenters. The van der Waals surface area contributed by atoms with Crippen molar-refractivity contribution >= 4 is 40.5 Å². The minimum atomic E-state index is -0.554. The van der Waals surface area contributed by atoms with Gasteiger partial charge in [0, 0.05) is 40.4 Å². The summed E-state index contributed by atoms with van der Waals surface area (Å²) in [4.78, 5) is 31.7. The van der Waals surface area contributed by atoms with Crippen LogP contribution in [0.5, 0.6) is 0 Å². The van der Waals surface area contributed by atoms with Crippen LogP contribution in [0.2, 0.25) is 0 Å². The van der Waals surface area contributed by atoms with Crippen LogP contribution < -0.4 is 10.2 Å². The Labute approximate surface area is 213 Å². The number of esters is 1. The normalized spacial score (nSPS) is 12.1. The van der Waals surface area contributed by atoms with E-state index in [9.17, 15) is 9.59 Å². The second-order valence-electron chi connectivity index (χ2n) is 8.33. The summed E-state index contributed by atoms with van der Waals surface area (Å²) in [5, 5.41) is 3.91. The molecule has 0 fully saturated rings. The molecule has 1 aliphatic rings. The van der Waals surface area contributed by atoms with Gasteiger partial charge in [-0.15, -0.1) is 11.8 Å². The van der Waals surface area contributed by atoms with Crippen LogP contribution in [-0.2, 0) is 33.4 Å². The number of nitrogens with zero attached hydrogens (tertiary/aromatic N) is 3. The number of likely N-dealkylation sites (N-methyl/N-ethyl adjacent to an activating group) is 1. The largest absolute Gasteiger partial charge is 0.460 e. The molecule has 0 saturated heterocycles. The Hall–Kier alpha value is -3.82. The number of thioether (sulfide) groups is 1. The Bertz CT molecular complexity index is 1430. The van der Waals surface area contributed by atoms with Gasteiger partial charge in [0.2, 0.25) is 0 Å². The van der Waals surface area contributed by atoms with Crippen LogP contribution in [0, 0.1) is 0 Å². The predicted octanol–water partition coefficient (Wildman–Crippen LogP) is 4.80. The molecular formula is C27H26N4O4S. The second kappa shape index (κ2) is 10.4. The zero-order valence-electron chi connectivity index (χ0n) is 20.1. The van der Waals surface area contributed by atoms with Gasteiger partial charge in [-0.3, -0.25) is 9.69 Å². The number of para-hydroxylation sites is 1. The third kappa shape index (κ3) is 4.55. The molecule has 2 aromatic heterocycles. The highest BCUT2D eigenvalue weighted by atomic mass is 32.2. The van der Waals surface area contributed by atoms with E-state index >= 15 is 0 Å². The van der Waals surface area contributed by atoms with Crippen LogP contribution in [0.3, 0.4) is 0 Å². The first-order chi connectivity index (χ1) is 17.6. The topological polar surface area (TPSA) is 85.7 Å². The molecule has 1 N–H and O–H groups in total. The van der Waals surface area contributed by atoms with Gasteiger partial charge >= 0.3 is 12.1 Å². The molecule has 8 nitrogen and oxygen atoms in total. The lowest BCUT2D eigenvalue weighted by atomic mass is 10.1. The molecular weight excluding hydrogens is 476 g/mol. The highest BCUT2D eigenvalue weighted by Crippen LogP contribution is 2.45. The number of rotatable bonds is 7. The number of anilines is 1. The Balaban J connectivity index is 1.39. The molecule has 0 saturated carbocycles. The first-order valence-corrected chi connectivity index (χ1v) is 12.5. The van der Waals surface area contributed by atoms with Crippen molar-refractivity contribution in [2.45, 2.75) is 24.0 Å². The zero-order chi connectivity index (χ0) is 25.1. The Morgan fingerprint density at radius 3 is 2.75 bits per heavy atom. The quantitative estimate of drug-likeness (QED) is 0.363. The van der Waals surface area contributed by atoms with Crippen molar-refractivity contribution in [1.29, 1.82) is 0 Å². The van der Waals surface area contributed by atoms with E-state index in [1.54, 1.807) is 32.4 Å². The smallest absolute Gasteiger partial charge is 0.416 e.